The minimum absolute atomic E-state index is 0.318. The minimum atomic E-state index is -0.553. The van der Waals surface area contributed by atoms with Crippen LogP contribution in [0, 0.1) is 0 Å². The highest BCUT2D eigenvalue weighted by atomic mass is 16.1. The summed E-state index contributed by atoms with van der Waals surface area (Å²) < 4.78 is 0. The Morgan fingerprint density at radius 2 is 1.50 bits per heavy atom. The van der Waals surface area contributed by atoms with Crippen molar-refractivity contribution in [1.82, 2.24) is 0 Å². The van der Waals surface area contributed by atoms with Crippen molar-refractivity contribution in [3.05, 3.63) is 34.9 Å². The van der Waals surface area contributed by atoms with E-state index in [0.717, 1.165) is 12.0 Å². The fourth-order valence-corrected chi connectivity index (χ4v) is 1.18. The number of nitrogens with two attached hydrogens (primary N) is 2. The zero-order valence-corrected chi connectivity index (χ0v) is 7.91. The molecule has 1 rings (SSSR count). The lowest BCUT2D eigenvalue weighted by molar-refractivity contribution is 0.0999. The van der Waals surface area contributed by atoms with Gasteiger partial charge in [0.15, 0.2) is 0 Å². The molecular formula is C10H12N2O2. The third-order valence-electron chi connectivity index (χ3n) is 1.97. The van der Waals surface area contributed by atoms with E-state index in [2.05, 4.69) is 0 Å². The van der Waals surface area contributed by atoms with E-state index in [1.165, 1.54) is 6.07 Å². The smallest absolute Gasteiger partial charge is 0.248 e. The lowest BCUT2D eigenvalue weighted by Gasteiger charge is -2.03. The fourth-order valence-electron chi connectivity index (χ4n) is 1.18. The maximum atomic E-state index is 10.9. The van der Waals surface area contributed by atoms with Gasteiger partial charge in [-0.3, -0.25) is 9.59 Å². The van der Waals surface area contributed by atoms with Crippen LogP contribution in [0.2, 0.25) is 0 Å². The average Bonchev–Trinajstić information content (AvgIpc) is 2.16. The maximum Gasteiger partial charge on any atom is 0.248 e. The number of primary amides is 2. The van der Waals surface area contributed by atoms with Crippen LogP contribution in [0.15, 0.2) is 18.2 Å². The van der Waals surface area contributed by atoms with Crippen LogP contribution in [0.4, 0.5) is 0 Å². The molecule has 4 nitrogen and oxygen atoms in total. The Labute approximate surface area is 81.9 Å². The molecule has 0 bridgehead atoms. The topological polar surface area (TPSA) is 86.2 Å². The summed E-state index contributed by atoms with van der Waals surface area (Å²) in [6, 6.07) is 4.73. The van der Waals surface area contributed by atoms with E-state index < -0.39 is 11.8 Å². The van der Waals surface area contributed by atoms with Gasteiger partial charge in [0, 0.05) is 11.1 Å². The molecule has 0 heterocycles. The van der Waals surface area contributed by atoms with Crippen molar-refractivity contribution in [3.8, 4) is 0 Å². The van der Waals surface area contributed by atoms with E-state index in [1.807, 2.05) is 6.92 Å². The van der Waals surface area contributed by atoms with E-state index >= 15 is 0 Å². The molecule has 0 aromatic heterocycles. The first-order valence-corrected chi connectivity index (χ1v) is 4.28. The minimum Gasteiger partial charge on any atom is -0.366 e. The quantitative estimate of drug-likeness (QED) is 0.728. The first-order chi connectivity index (χ1) is 6.54. The Bertz CT molecular complexity index is 353. The van der Waals surface area contributed by atoms with Gasteiger partial charge in [0.1, 0.15) is 0 Å². The predicted molar refractivity (Wildman–Crippen MR) is 52.9 cm³/mol. The number of hydrogen-bond donors (Lipinski definition) is 2. The summed E-state index contributed by atoms with van der Waals surface area (Å²) >= 11 is 0. The predicted octanol–water partition coefficient (Wildman–Crippen LogP) is 0.447. The Morgan fingerprint density at radius 1 is 1.07 bits per heavy atom. The largest absolute Gasteiger partial charge is 0.366 e. The molecule has 0 radical (unpaired) electrons. The summed E-state index contributed by atoms with van der Waals surface area (Å²) in [5.41, 5.74) is 11.7. The molecule has 0 atom stereocenters. The van der Waals surface area contributed by atoms with Crippen LogP contribution in [-0.4, -0.2) is 11.8 Å². The van der Waals surface area contributed by atoms with Gasteiger partial charge in [-0.25, -0.2) is 0 Å². The Hall–Kier alpha value is -1.84. The highest BCUT2D eigenvalue weighted by Gasteiger charge is 2.07. The normalized spacial score (nSPS) is 9.79. The van der Waals surface area contributed by atoms with E-state index in [4.69, 9.17) is 11.5 Å². The molecular weight excluding hydrogens is 180 g/mol. The molecule has 1 aromatic carbocycles. The number of aryl methyl sites for hydroxylation is 1. The van der Waals surface area contributed by atoms with E-state index in [0.29, 0.717) is 11.1 Å². The Balaban J connectivity index is 3.27. The number of rotatable bonds is 3. The van der Waals surface area contributed by atoms with Crippen LogP contribution in [0.5, 0.6) is 0 Å². The SMILES string of the molecule is CCc1cc(C(N)=O)cc(C(N)=O)c1. The van der Waals surface area contributed by atoms with Crippen molar-refractivity contribution >= 4 is 11.8 Å². The number of carbonyl (C=O) groups is 2. The van der Waals surface area contributed by atoms with Crippen LogP contribution in [-0.2, 0) is 6.42 Å². The molecule has 0 saturated carbocycles. The number of hydrogen-bond acceptors (Lipinski definition) is 2. The molecule has 0 spiro atoms. The van der Waals surface area contributed by atoms with Crippen molar-refractivity contribution in [1.29, 1.82) is 0 Å². The number of carbonyl (C=O) groups excluding carboxylic acids is 2. The second-order valence-corrected chi connectivity index (χ2v) is 3.00. The first kappa shape index (κ1) is 10.2. The highest BCUT2D eigenvalue weighted by molar-refractivity contribution is 5.98. The third kappa shape index (κ3) is 2.10. The van der Waals surface area contributed by atoms with Crippen molar-refractivity contribution in [2.24, 2.45) is 11.5 Å². The highest BCUT2D eigenvalue weighted by Crippen LogP contribution is 2.10. The molecule has 0 aliphatic heterocycles. The molecule has 14 heavy (non-hydrogen) atoms. The van der Waals surface area contributed by atoms with Gasteiger partial charge in [0.05, 0.1) is 0 Å². The molecule has 0 saturated heterocycles. The molecule has 4 heteroatoms. The summed E-state index contributed by atoms with van der Waals surface area (Å²) in [6.45, 7) is 1.92. The summed E-state index contributed by atoms with van der Waals surface area (Å²) in [5, 5.41) is 0. The Morgan fingerprint density at radius 3 is 1.79 bits per heavy atom. The van der Waals surface area contributed by atoms with Gasteiger partial charge in [0.2, 0.25) is 11.8 Å². The Kier molecular flexibility index (Phi) is 2.86. The van der Waals surface area contributed by atoms with Crippen molar-refractivity contribution in [2.45, 2.75) is 13.3 Å². The number of benzene rings is 1. The van der Waals surface area contributed by atoms with Gasteiger partial charge in [-0.05, 0) is 30.2 Å². The standard InChI is InChI=1S/C10H12N2O2/c1-2-6-3-7(9(11)13)5-8(4-6)10(12)14/h3-5H,2H2,1H3,(H2,11,13)(H2,12,14). The van der Waals surface area contributed by atoms with Gasteiger partial charge in [-0.1, -0.05) is 6.92 Å². The molecule has 0 aliphatic carbocycles. The van der Waals surface area contributed by atoms with Crippen LogP contribution >= 0.6 is 0 Å². The molecule has 2 amide bonds. The lowest BCUT2D eigenvalue weighted by atomic mass is 10.0. The average molecular weight is 192 g/mol. The van der Waals surface area contributed by atoms with E-state index in [1.54, 1.807) is 12.1 Å². The summed E-state index contributed by atoms with van der Waals surface area (Å²) in [4.78, 5) is 21.8. The monoisotopic (exact) mass is 192 g/mol. The lowest BCUT2D eigenvalue weighted by Crippen LogP contribution is -2.16. The second-order valence-electron chi connectivity index (χ2n) is 3.00. The third-order valence-corrected chi connectivity index (χ3v) is 1.97. The van der Waals surface area contributed by atoms with Gasteiger partial charge >= 0.3 is 0 Å². The van der Waals surface area contributed by atoms with Gasteiger partial charge in [0.25, 0.3) is 0 Å². The van der Waals surface area contributed by atoms with Gasteiger partial charge in [-0.2, -0.15) is 0 Å². The molecule has 1 aromatic rings. The van der Waals surface area contributed by atoms with Crippen LogP contribution in [0.25, 0.3) is 0 Å². The van der Waals surface area contributed by atoms with Gasteiger partial charge < -0.3 is 11.5 Å². The molecule has 4 N–H and O–H groups in total. The summed E-state index contributed by atoms with van der Waals surface area (Å²) in [6.07, 6.45) is 0.724. The molecule has 74 valence electrons. The fraction of sp³-hybridized carbons (Fsp3) is 0.200. The van der Waals surface area contributed by atoms with Crippen LogP contribution in [0.1, 0.15) is 33.2 Å². The van der Waals surface area contributed by atoms with E-state index in [-0.39, 0.29) is 0 Å². The van der Waals surface area contributed by atoms with Crippen LogP contribution < -0.4 is 11.5 Å². The summed E-state index contributed by atoms with van der Waals surface area (Å²) in [7, 11) is 0. The van der Waals surface area contributed by atoms with Crippen molar-refractivity contribution < 1.29 is 9.59 Å². The van der Waals surface area contributed by atoms with Crippen LogP contribution in [0.3, 0.4) is 0 Å². The second kappa shape index (κ2) is 3.91. The maximum absolute atomic E-state index is 10.9. The van der Waals surface area contributed by atoms with Gasteiger partial charge in [-0.15, -0.1) is 0 Å². The van der Waals surface area contributed by atoms with E-state index in [9.17, 15) is 9.59 Å². The van der Waals surface area contributed by atoms with Crippen molar-refractivity contribution in [2.75, 3.05) is 0 Å². The number of amides is 2. The zero-order valence-electron chi connectivity index (χ0n) is 7.91. The molecule has 0 fully saturated rings. The zero-order chi connectivity index (χ0) is 10.7. The summed E-state index contributed by atoms with van der Waals surface area (Å²) in [5.74, 6) is -1.11. The van der Waals surface area contributed by atoms with Crippen molar-refractivity contribution in [3.63, 3.8) is 0 Å². The molecule has 0 aliphatic rings. The molecule has 0 unspecified atom stereocenters. The first-order valence-electron chi connectivity index (χ1n) is 4.28.